The average Bonchev–Trinajstić information content (AvgIpc) is 2.83. The smallest absolute Gasteiger partial charge is 0.224 e. The molecule has 0 atom stereocenters. The molecule has 0 bridgehead atoms. The van der Waals surface area contributed by atoms with Crippen molar-refractivity contribution in [2.45, 2.75) is 33.1 Å². The molecule has 2 rings (SSSR count). The molecule has 0 saturated carbocycles. The van der Waals surface area contributed by atoms with Crippen molar-refractivity contribution in [3.05, 3.63) is 22.9 Å². The minimum Gasteiger partial charge on any atom is -0.475 e. The third-order valence-electron chi connectivity index (χ3n) is 3.20. The number of pyridine rings is 1. The van der Waals surface area contributed by atoms with Crippen molar-refractivity contribution in [2.75, 3.05) is 19.8 Å². The van der Waals surface area contributed by atoms with E-state index in [9.17, 15) is 0 Å². The lowest BCUT2D eigenvalue weighted by Crippen LogP contribution is -2.16. The van der Waals surface area contributed by atoms with Gasteiger partial charge in [-0.25, -0.2) is 4.98 Å². The van der Waals surface area contributed by atoms with Crippen LogP contribution in [0.1, 0.15) is 37.1 Å². The SMILES string of the molecule is CC(C)COCCOc1nc2c(cc1C(N)=S)CCC2. The van der Waals surface area contributed by atoms with Gasteiger partial charge in [0.2, 0.25) is 5.88 Å². The molecular weight excluding hydrogens is 272 g/mol. The monoisotopic (exact) mass is 294 g/mol. The number of hydrogen-bond donors (Lipinski definition) is 1. The van der Waals surface area contributed by atoms with Crippen LogP contribution in [0.25, 0.3) is 0 Å². The highest BCUT2D eigenvalue weighted by Gasteiger charge is 2.18. The van der Waals surface area contributed by atoms with Crippen molar-refractivity contribution in [1.29, 1.82) is 0 Å². The zero-order valence-corrected chi connectivity index (χ0v) is 13.0. The zero-order chi connectivity index (χ0) is 14.5. The van der Waals surface area contributed by atoms with Crippen molar-refractivity contribution in [3.8, 4) is 5.88 Å². The van der Waals surface area contributed by atoms with Gasteiger partial charge in [0.15, 0.2) is 0 Å². The van der Waals surface area contributed by atoms with Crippen LogP contribution in [0.2, 0.25) is 0 Å². The lowest BCUT2D eigenvalue weighted by molar-refractivity contribution is 0.0805. The number of nitrogens with two attached hydrogens (primary N) is 1. The van der Waals surface area contributed by atoms with Crippen molar-refractivity contribution in [2.24, 2.45) is 11.7 Å². The Hall–Kier alpha value is -1.20. The van der Waals surface area contributed by atoms with Gasteiger partial charge in [0.1, 0.15) is 11.6 Å². The van der Waals surface area contributed by atoms with Crippen LogP contribution in [-0.2, 0) is 17.6 Å². The predicted molar refractivity (Wildman–Crippen MR) is 83.3 cm³/mol. The fraction of sp³-hybridized carbons (Fsp3) is 0.600. The van der Waals surface area contributed by atoms with Gasteiger partial charge in [-0.2, -0.15) is 0 Å². The number of rotatable bonds is 7. The lowest BCUT2D eigenvalue weighted by atomic mass is 10.1. The standard InChI is InChI=1S/C15H22N2O2S/c1-10(2)9-18-6-7-19-15-12(14(16)20)8-11-4-3-5-13(11)17-15/h8,10H,3-7,9H2,1-2H3,(H2,16,20). The van der Waals surface area contributed by atoms with Crippen molar-refractivity contribution >= 4 is 17.2 Å². The molecule has 0 radical (unpaired) electrons. The van der Waals surface area contributed by atoms with Gasteiger partial charge < -0.3 is 15.2 Å². The second-order valence-electron chi connectivity index (χ2n) is 5.48. The molecule has 1 aliphatic carbocycles. The van der Waals surface area contributed by atoms with E-state index in [1.54, 1.807) is 0 Å². The Balaban J connectivity index is 1.98. The molecule has 0 aliphatic heterocycles. The highest BCUT2D eigenvalue weighted by atomic mass is 32.1. The van der Waals surface area contributed by atoms with E-state index in [2.05, 4.69) is 18.8 Å². The Morgan fingerprint density at radius 2 is 2.20 bits per heavy atom. The molecule has 0 saturated heterocycles. The molecule has 2 N–H and O–H groups in total. The van der Waals surface area contributed by atoms with E-state index in [-0.39, 0.29) is 0 Å². The van der Waals surface area contributed by atoms with Crippen molar-refractivity contribution in [3.63, 3.8) is 0 Å². The Labute approximate surface area is 125 Å². The summed E-state index contributed by atoms with van der Waals surface area (Å²) in [6.45, 7) is 5.99. The number of aromatic nitrogens is 1. The van der Waals surface area contributed by atoms with E-state index in [1.807, 2.05) is 6.07 Å². The number of ether oxygens (including phenoxy) is 2. The molecule has 110 valence electrons. The Morgan fingerprint density at radius 1 is 1.40 bits per heavy atom. The molecular formula is C15H22N2O2S. The molecule has 1 aromatic heterocycles. The van der Waals surface area contributed by atoms with Gasteiger partial charge in [-0.3, -0.25) is 0 Å². The predicted octanol–water partition coefficient (Wildman–Crippen LogP) is 2.26. The quantitative estimate of drug-likeness (QED) is 0.617. The summed E-state index contributed by atoms with van der Waals surface area (Å²) in [5.41, 5.74) is 8.86. The molecule has 4 nitrogen and oxygen atoms in total. The number of hydrogen-bond acceptors (Lipinski definition) is 4. The topological polar surface area (TPSA) is 57.4 Å². The Bertz CT molecular complexity index is 489. The highest BCUT2D eigenvalue weighted by molar-refractivity contribution is 7.80. The first kappa shape index (κ1) is 15.2. The van der Waals surface area contributed by atoms with Gasteiger partial charge in [0.05, 0.1) is 12.2 Å². The minimum atomic E-state index is 0.338. The van der Waals surface area contributed by atoms with E-state index in [0.717, 1.165) is 37.1 Å². The molecule has 1 aliphatic rings. The molecule has 0 aromatic carbocycles. The summed E-state index contributed by atoms with van der Waals surface area (Å²) in [6, 6.07) is 2.03. The first-order valence-corrected chi connectivity index (χ1v) is 7.52. The van der Waals surface area contributed by atoms with E-state index >= 15 is 0 Å². The van der Waals surface area contributed by atoms with Crippen LogP contribution in [0.3, 0.4) is 0 Å². The molecule has 0 amide bonds. The van der Waals surface area contributed by atoms with E-state index in [1.165, 1.54) is 5.56 Å². The van der Waals surface area contributed by atoms with Gasteiger partial charge in [-0.15, -0.1) is 0 Å². The summed E-state index contributed by atoms with van der Waals surface area (Å²) in [4.78, 5) is 4.90. The van der Waals surface area contributed by atoms with Gasteiger partial charge >= 0.3 is 0 Å². The van der Waals surface area contributed by atoms with Gasteiger partial charge in [-0.1, -0.05) is 26.1 Å². The van der Waals surface area contributed by atoms with Crippen molar-refractivity contribution in [1.82, 2.24) is 4.98 Å². The number of aryl methyl sites for hydroxylation is 2. The summed E-state index contributed by atoms with van der Waals surface area (Å²) in [7, 11) is 0. The van der Waals surface area contributed by atoms with E-state index < -0.39 is 0 Å². The van der Waals surface area contributed by atoms with Gasteiger partial charge in [0.25, 0.3) is 0 Å². The van der Waals surface area contributed by atoms with Crippen LogP contribution in [0.5, 0.6) is 5.88 Å². The Morgan fingerprint density at radius 3 is 2.90 bits per heavy atom. The van der Waals surface area contributed by atoms with Crippen LogP contribution in [0, 0.1) is 5.92 Å². The lowest BCUT2D eigenvalue weighted by Gasteiger charge is -2.12. The molecule has 0 unspecified atom stereocenters. The number of fused-ring (bicyclic) bond motifs is 1. The number of nitrogens with zero attached hydrogens (tertiary/aromatic N) is 1. The molecule has 5 heteroatoms. The number of thiocarbonyl (C=S) groups is 1. The van der Waals surface area contributed by atoms with Gasteiger partial charge in [0, 0.05) is 12.3 Å². The van der Waals surface area contributed by atoms with Crippen LogP contribution < -0.4 is 10.5 Å². The second-order valence-corrected chi connectivity index (χ2v) is 5.92. The first-order chi connectivity index (χ1) is 9.58. The maximum absolute atomic E-state index is 5.76. The summed E-state index contributed by atoms with van der Waals surface area (Å²) in [5, 5.41) is 0. The maximum Gasteiger partial charge on any atom is 0.224 e. The second kappa shape index (κ2) is 6.99. The fourth-order valence-electron chi connectivity index (χ4n) is 2.26. The Kier molecular flexibility index (Phi) is 5.31. The van der Waals surface area contributed by atoms with Crippen LogP contribution in [-0.4, -0.2) is 29.8 Å². The molecule has 20 heavy (non-hydrogen) atoms. The summed E-state index contributed by atoms with van der Waals surface area (Å²) < 4.78 is 11.2. The third kappa shape index (κ3) is 3.90. The van der Waals surface area contributed by atoms with Gasteiger partial charge in [-0.05, 0) is 36.8 Å². The molecule has 1 heterocycles. The molecule has 0 fully saturated rings. The van der Waals surface area contributed by atoms with Crippen LogP contribution in [0.15, 0.2) is 6.07 Å². The van der Waals surface area contributed by atoms with Crippen LogP contribution in [0.4, 0.5) is 0 Å². The molecule has 0 spiro atoms. The summed E-state index contributed by atoms with van der Waals surface area (Å²) in [5.74, 6) is 1.08. The zero-order valence-electron chi connectivity index (χ0n) is 12.1. The van der Waals surface area contributed by atoms with E-state index in [4.69, 9.17) is 27.4 Å². The summed E-state index contributed by atoms with van der Waals surface area (Å²) >= 11 is 5.08. The summed E-state index contributed by atoms with van der Waals surface area (Å²) in [6.07, 6.45) is 3.20. The third-order valence-corrected chi connectivity index (χ3v) is 3.42. The highest BCUT2D eigenvalue weighted by Crippen LogP contribution is 2.26. The van der Waals surface area contributed by atoms with Crippen molar-refractivity contribution < 1.29 is 9.47 Å². The van der Waals surface area contributed by atoms with Crippen LogP contribution >= 0.6 is 12.2 Å². The molecule has 1 aromatic rings. The normalized spacial score (nSPS) is 13.6. The van der Waals surface area contributed by atoms with E-state index in [0.29, 0.717) is 30.0 Å². The fourth-order valence-corrected chi connectivity index (χ4v) is 2.40. The minimum absolute atomic E-state index is 0.338. The average molecular weight is 294 g/mol. The largest absolute Gasteiger partial charge is 0.475 e. The maximum atomic E-state index is 5.76. The first-order valence-electron chi connectivity index (χ1n) is 7.11.